The minimum atomic E-state index is -0.475. The van der Waals surface area contributed by atoms with Crippen LogP contribution in [-0.2, 0) is 0 Å². The van der Waals surface area contributed by atoms with Gasteiger partial charge in [0, 0.05) is 50.3 Å². The van der Waals surface area contributed by atoms with Crippen LogP contribution in [0.1, 0.15) is 15.9 Å². The molecule has 0 unspecified atom stereocenters. The van der Waals surface area contributed by atoms with Gasteiger partial charge in [-0.05, 0) is 36.8 Å². The van der Waals surface area contributed by atoms with E-state index in [1.54, 1.807) is 24.8 Å². The number of nitrogens with one attached hydrogen (secondary N) is 2. The van der Waals surface area contributed by atoms with Crippen molar-refractivity contribution in [1.82, 2.24) is 10.3 Å². The average molecular weight is 466 g/mol. The first kappa shape index (κ1) is 21.9. The van der Waals surface area contributed by atoms with Gasteiger partial charge in [0.2, 0.25) is 0 Å². The smallest absolute Gasteiger partial charge is 0.273 e. The van der Waals surface area contributed by atoms with Gasteiger partial charge in [-0.3, -0.25) is 14.9 Å². The maximum atomic E-state index is 12.6. The molecule has 32 heavy (non-hydrogen) atoms. The summed E-state index contributed by atoms with van der Waals surface area (Å²) in [5.41, 5.74) is 3.70. The second-order valence-electron chi connectivity index (χ2n) is 7.19. The molecule has 8 heteroatoms. The molecule has 0 bridgehead atoms. The van der Waals surface area contributed by atoms with Crippen molar-refractivity contribution < 1.29 is 9.72 Å². The number of aromatic amines is 1. The molecule has 1 aromatic heterocycles. The number of H-pyrrole nitrogens is 1. The summed E-state index contributed by atoms with van der Waals surface area (Å²) in [7, 11) is 0. The average Bonchev–Trinajstić information content (AvgIpc) is 3.15. The fourth-order valence-corrected chi connectivity index (χ4v) is 4.75. The number of benzene rings is 3. The number of carbonyl (C=O) groups excluding carboxylic acids is 1. The van der Waals surface area contributed by atoms with E-state index >= 15 is 0 Å². The molecule has 6 nitrogen and oxygen atoms in total. The first-order valence-electron chi connectivity index (χ1n) is 9.97. The van der Waals surface area contributed by atoms with Crippen LogP contribution in [0.3, 0.4) is 0 Å². The predicted molar refractivity (Wildman–Crippen MR) is 130 cm³/mol. The third-order valence-corrected chi connectivity index (χ3v) is 6.54. The van der Waals surface area contributed by atoms with Crippen molar-refractivity contribution in [2.24, 2.45) is 0 Å². The molecule has 4 rings (SSSR count). The maximum absolute atomic E-state index is 12.6. The quantitative estimate of drug-likeness (QED) is 0.146. The first-order valence-corrected chi connectivity index (χ1v) is 11.3. The Morgan fingerprint density at radius 2 is 1.84 bits per heavy atom. The van der Waals surface area contributed by atoms with Crippen LogP contribution < -0.4 is 5.32 Å². The van der Waals surface area contributed by atoms with Gasteiger partial charge in [0.05, 0.1) is 10.6 Å². The monoisotopic (exact) mass is 465 g/mol. The van der Waals surface area contributed by atoms with Crippen molar-refractivity contribution in [3.8, 4) is 11.3 Å². The van der Waals surface area contributed by atoms with Gasteiger partial charge in [-0.15, -0.1) is 11.8 Å². The van der Waals surface area contributed by atoms with Crippen molar-refractivity contribution in [2.45, 2.75) is 11.8 Å². The lowest BCUT2D eigenvalue weighted by Gasteiger charge is -2.09. The van der Waals surface area contributed by atoms with Crippen LogP contribution in [-0.4, -0.2) is 28.1 Å². The van der Waals surface area contributed by atoms with E-state index in [0.717, 1.165) is 27.1 Å². The fraction of sp³-hybridized carbons (Fsp3) is 0.125. The molecule has 0 atom stereocenters. The van der Waals surface area contributed by atoms with Crippen LogP contribution in [0, 0.1) is 17.0 Å². The molecule has 0 fully saturated rings. The second-order valence-corrected chi connectivity index (χ2v) is 8.73. The van der Waals surface area contributed by atoms with E-state index in [9.17, 15) is 14.9 Å². The van der Waals surface area contributed by atoms with E-state index in [4.69, 9.17) is 11.6 Å². The summed E-state index contributed by atoms with van der Waals surface area (Å²) in [4.78, 5) is 27.8. The lowest BCUT2D eigenvalue weighted by molar-refractivity contribution is -0.385. The summed E-state index contributed by atoms with van der Waals surface area (Å²) in [6.45, 7) is 2.01. The summed E-state index contributed by atoms with van der Waals surface area (Å²) in [6, 6.07) is 20.3. The number of amides is 1. The van der Waals surface area contributed by atoms with E-state index in [1.165, 1.54) is 12.1 Å². The molecule has 0 saturated carbocycles. The van der Waals surface area contributed by atoms with Crippen molar-refractivity contribution in [3.63, 3.8) is 0 Å². The third-order valence-electron chi connectivity index (χ3n) is 5.17. The minimum absolute atomic E-state index is 0.0570. The molecule has 0 aliphatic carbocycles. The number of rotatable bonds is 7. The number of carbonyl (C=O) groups is 1. The molecule has 0 aliphatic rings. The molecule has 4 aromatic rings. The zero-order valence-electron chi connectivity index (χ0n) is 17.2. The molecule has 0 radical (unpaired) electrons. The zero-order chi connectivity index (χ0) is 22.7. The lowest BCUT2D eigenvalue weighted by atomic mass is 10.1. The molecule has 1 heterocycles. The SMILES string of the molecule is Cc1c(C(=O)NCCSc2c(-c3ccc(Cl)cc3)[nH]c3ccccc23)cccc1[N+](=O)[O-]. The predicted octanol–water partition coefficient (Wildman–Crippen LogP) is 6.23. The second kappa shape index (κ2) is 9.46. The highest BCUT2D eigenvalue weighted by Crippen LogP contribution is 2.37. The van der Waals surface area contributed by atoms with Gasteiger partial charge in [0.1, 0.15) is 0 Å². The number of hydrogen-bond acceptors (Lipinski definition) is 4. The third kappa shape index (κ3) is 4.49. The van der Waals surface area contributed by atoms with Crippen molar-refractivity contribution in [3.05, 3.63) is 93.0 Å². The number of nitrogens with zero attached hydrogens (tertiary/aromatic N) is 1. The minimum Gasteiger partial charge on any atom is -0.354 e. The Morgan fingerprint density at radius 1 is 1.09 bits per heavy atom. The van der Waals surface area contributed by atoms with E-state index in [0.29, 0.717) is 28.4 Å². The summed E-state index contributed by atoms with van der Waals surface area (Å²) in [5.74, 6) is 0.325. The van der Waals surface area contributed by atoms with Gasteiger partial charge in [0.15, 0.2) is 0 Å². The Kier molecular flexibility index (Phi) is 6.48. The van der Waals surface area contributed by atoms with Gasteiger partial charge < -0.3 is 10.3 Å². The molecular formula is C24H20ClN3O3S. The molecule has 1 amide bonds. The molecule has 2 N–H and O–H groups in total. The topological polar surface area (TPSA) is 88.0 Å². The van der Waals surface area contributed by atoms with Crippen molar-refractivity contribution in [2.75, 3.05) is 12.3 Å². The Balaban J connectivity index is 1.49. The highest BCUT2D eigenvalue weighted by molar-refractivity contribution is 7.99. The molecule has 0 aliphatic heterocycles. The van der Waals surface area contributed by atoms with Gasteiger partial charge in [-0.25, -0.2) is 0 Å². The van der Waals surface area contributed by atoms with Crippen molar-refractivity contribution in [1.29, 1.82) is 0 Å². The molecular weight excluding hydrogens is 446 g/mol. The largest absolute Gasteiger partial charge is 0.354 e. The Morgan fingerprint density at radius 3 is 2.59 bits per heavy atom. The van der Waals surface area contributed by atoms with E-state index < -0.39 is 4.92 Å². The fourth-order valence-electron chi connectivity index (χ4n) is 3.57. The van der Waals surface area contributed by atoms with Crippen LogP contribution in [0.15, 0.2) is 71.6 Å². The molecule has 0 spiro atoms. The number of thioether (sulfide) groups is 1. The number of nitro groups is 1. The summed E-state index contributed by atoms with van der Waals surface area (Å²) in [6.07, 6.45) is 0. The summed E-state index contributed by atoms with van der Waals surface area (Å²) in [5, 5.41) is 15.8. The first-order chi connectivity index (χ1) is 15.5. The Labute approximate surface area is 194 Å². The van der Waals surface area contributed by atoms with Crippen LogP contribution in [0.5, 0.6) is 0 Å². The van der Waals surface area contributed by atoms with Crippen LogP contribution >= 0.6 is 23.4 Å². The van der Waals surface area contributed by atoms with Crippen LogP contribution in [0.2, 0.25) is 5.02 Å². The number of nitro benzene ring substituents is 1. The lowest BCUT2D eigenvalue weighted by Crippen LogP contribution is -2.26. The van der Waals surface area contributed by atoms with Crippen LogP contribution in [0.4, 0.5) is 5.69 Å². The number of halogens is 1. The van der Waals surface area contributed by atoms with Gasteiger partial charge in [0.25, 0.3) is 11.6 Å². The van der Waals surface area contributed by atoms with Crippen LogP contribution in [0.25, 0.3) is 22.2 Å². The number of para-hydroxylation sites is 1. The van der Waals surface area contributed by atoms with Gasteiger partial charge in [-0.2, -0.15) is 0 Å². The zero-order valence-corrected chi connectivity index (χ0v) is 18.8. The van der Waals surface area contributed by atoms with Gasteiger partial charge >= 0.3 is 0 Å². The highest BCUT2D eigenvalue weighted by atomic mass is 35.5. The Hall–Kier alpha value is -3.29. The molecule has 0 saturated heterocycles. The van der Waals surface area contributed by atoms with E-state index in [2.05, 4.69) is 16.4 Å². The maximum Gasteiger partial charge on any atom is 0.273 e. The van der Waals surface area contributed by atoms with Gasteiger partial charge in [-0.1, -0.05) is 48.0 Å². The molecule has 3 aromatic carbocycles. The number of hydrogen-bond donors (Lipinski definition) is 2. The highest BCUT2D eigenvalue weighted by Gasteiger charge is 2.18. The normalized spacial score (nSPS) is 10.9. The standard InChI is InChI=1S/C24H20ClN3O3S/c1-15-18(6-4-8-21(15)28(30)31)24(29)26-13-14-32-23-19-5-2-3-7-20(19)27-22(23)16-9-11-17(25)12-10-16/h2-12,27H,13-14H2,1H3,(H,26,29). The number of fused-ring (bicyclic) bond motifs is 1. The van der Waals surface area contributed by atoms with E-state index in [-0.39, 0.29) is 11.6 Å². The summed E-state index contributed by atoms with van der Waals surface area (Å²) >= 11 is 7.69. The Bertz CT molecular complexity index is 1300. The molecule has 162 valence electrons. The number of aromatic nitrogens is 1. The van der Waals surface area contributed by atoms with E-state index in [1.807, 2.05) is 42.5 Å². The van der Waals surface area contributed by atoms with Crippen molar-refractivity contribution >= 4 is 45.9 Å². The summed E-state index contributed by atoms with van der Waals surface area (Å²) < 4.78 is 0.